The van der Waals surface area contributed by atoms with Gasteiger partial charge in [-0.15, -0.1) is 0 Å². The van der Waals surface area contributed by atoms with Crippen LogP contribution in [0.15, 0.2) is 71.6 Å². The first-order chi connectivity index (χ1) is 18.5. The molecule has 0 saturated heterocycles. The molecule has 11 heteroatoms. The van der Waals surface area contributed by atoms with E-state index in [1.165, 1.54) is 35.2 Å². The van der Waals surface area contributed by atoms with Crippen LogP contribution in [0.1, 0.15) is 31.4 Å². The standard InChI is InChI=1S/C28H30Cl3N3O4S/c1-4-26(28(36)32-5-2)33(17-20-8-6-7-9-25(20)31)27(35)18-34(23-15-21(29)14-22(30)16-23)39(37,38)24-12-10-19(3)11-13-24/h6-16,26H,4-5,17-18H2,1-3H3,(H,32,36)/t26-/m1/s1. The number of carbonyl (C=O) groups excluding carboxylic acids is 2. The van der Waals surface area contributed by atoms with Crippen molar-refractivity contribution >= 4 is 62.3 Å². The van der Waals surface area contributed by atoms with Crippen molar-refractivity contribution in [2.75, 3.05) is 17.4 Å². The zero-order chi connectivity index (χ0) is 28.7. The molecule has 1 N–H and O–H groups in total. The highest BCUT2D eigenvalue weighted by atomic mass is 35.5. The van der Waals surface area contributed by atoms with Gasteiger partial charge in [0.2, 0.25) is 11.8 Å². The van der Waals surface area contributed by atoms with Crippen molar-refractivity contribution < 1.29 is 18.0 Å². The first-order valence-corrected chi connectivity index (χ1v) is 14.9. The van der Waals surface area contributed by atoms with Crippen molar-refractivity contribution in [3.63, 3.8) is 0 Å². The second-order valence-electron chi connectivity index (χ2n) is 8.88. The van der Waals surface area contributed by atoms with Crippen molar-refractivity contribution in [2.24, 2.45) is 0 Å². The predicted molar refractivity (Wildman–Crippen MR) is 157 cm³/mol. The average Bonchev–Trinajstić information content (AvgIpc) is 2.87. The number of nitrogens with one attached hydrogen (secondary N) is 1. The molecular formula is C28H30Cl3N3O4S. The Morgan fingerprint density at radius 2 is 1.54 bits per heavy atom. The molecular weight excluding hydrogens is 581 g/mol. The Hall–Kier alpha value is -2.78. The first-order valence-electron chi connectivity index (χ1n) is 12.3. The topological polar surface area (TPSA) is 86.8 Å². The SMILES string of the molecule is CCNC(=O)[C@@H](CC)N(Cc1ccccc1Cl)C(=O)CN(c1cc(Cl)cc(Cl)c1)S(=O)(=O)c1ccc(C)cc1. The van der Waals surface area contributed by atoms with Gasteiger partial charge in [-0.05, 0) is 62.2 Å². The lowest BCUT2D eigenvalue weighted by atomic mass is 10.1. The van der Waals surface area contributed by atoms with E-state index in [4.69, 9.17) is 34.8 Å². The van der Waals surface area contributed by atoms with Crippen molar-refractivity contribution in [1.82, 2.24) is 10.2 Å². The molecule has 0 unspecified atom stereocenters. The molecule has 3 aromatic rings. The highest BCUT2D eigenvalue weighted by molar-refractivity contribution is 7.92. The van der Waals surface area contributed by atoms with E-state index in [0.717, 1.165) is 9.87 Å². The summed E-state index contributed by atoms with van der Waals surface area (Å²) in [7, 11) is -4.23. The summed E-state index contributed by atoms with van der Waals surface area (Å²) in [6.45, 7) is 5.18. The Balaban J connectivity index is 2.11. The van der Waals surface area contributed by atoms with Crippen molar-refractivity contribution in [3.8, 4) is 0 Å². The third-order valence-corrected chi connectivity index (χ3v) is 8.65. The summed E-state index contributed by atoms with van der Waals surface area (Å²) in [6.07, 6.45) is 0.301. The van der Waals surface area contributed by atoms with Gasteiger partial charge in [0, 0.05) is 28.2 Å². The summed E-state index contributed by atoms with van der Waals surface area (Å²) in [6, 6.07) is 16.7. The third-order valence-electron chi connectivity index (χ3n) is 6.06. The van der Waals surface area contributed by atoms with Crippen LogP contribution in [0, 0.1) is 6.92 Å². The quantitative estimate of drug-likeness (QED) is 0.285. The minimum Gasteiger partial charge on any atom is -0.355 e. The van der Waals surface area contributed by atoms with Gasteiger partial charge >= 0.3 is 0 Å². The highest BCUT2D eigenvalue weighted by Crippen LogP contribution is 2.30. The fourth-order valence-electron chi connectivity index (χ4n) is 4.07. The number of halogens is 3. The van der Waals surface area contributed by atoms with Crippen LogP contribution >= 0.6 is 34.8 Å². The molecule has 3 rings (SSSR count). The van der Waals surface area contributed by atoms with E-state index in [9.17, 15) is 18.0 Å². The van der Waals surface area contributed by atoms with E-state index in [1.807, 2.05) is 6.92 Å². The second kappa shape index (κ2) is 13.5. The third kappa shape index (κ3) is 7.66. The molecule has 1 atom stereocenters. The zero-order valence-electron chi connectivity index (χ0n) is 21.8. The molecule has 0 aromatic heterocycles. The molecule has 0 radical (unpaired) electrons. The Bertz CT molecular complexity index is 1410. The number of likely N-dealkylation sites (N-methyl/N-ethyl adjacent to an activating group) is 1. The molecule has 208 valence electrons. The fourth-order valence-corrected chi connectivity index (χ4v) is 6.18. The summed E-state index contributed by atoms with van der Waals surface area (Å²) in [5.41, 5.74) is 1.61. The number of aryl methyl sites for hydroxylation is 1. The Labute approximate surface area is 244 Å². The number of anilines is 1. The number of amides is 2. The number of sulfonamides is 1. The second-order valence-corrected chi connectivity index (χ2v) is 12.0. The summed E-state index contributed by atoms with van der Waals surface area (Å²) in [5.74, 6) is -0.945. The summed E-state index contributed by atoms with van der Waals surface area (Å²) >= 11 is 18.8. The van der Waals surface area contributed by atoms with Gasteiger partial charge in [0.15, 0.2) is 0 Å². The Morgan fingerprint density at radius 3 is 2.10 bits per heavy atom. The van der Waals surface area contributed by atoms with Gasteiger partial charge in [-0.1, -0.05) is 77.6 Å². The molecule has 0 aliphatic carbocycles. The van der Waals surface area contributed by atoms with Gasteiger partial charge in [-0.25, -0.2) is 8.42 Å². The molecule has 2 amide bonds. The van der Waals surface area contributed by atoms with E-state index < -0.39 is 28.5 Å². The van der Waals surface area contributed by atoms with Crippen LogP contribution in [-0.4, -0.2) is 44.3 Å². The van der Waals surface area contributed by atoms with Crippen LogP contribution in [0.2, 0.25) is 15.1 Å². The molecule has 0 aliphatic rings. The lowest BCUT2D eigenvalue weighted by molar-refractivity contribution is -0.140. The summed E-state index contributed by atoms with van der Waals surface area (Å²) in [4.78, 5) is 28.3. The maximum Gasteiger partial charge on any atom is 0.264 e. The largest absolute Gasteiger partial charge is 0.355 e. The highest BCUT2D eigenvalue weighted by Gasteiger charge is 2.34. The van der Waals surface area contributed by atoms with Crippen molar-refractivity contribution in [2.45, 2.75) is 44.7 Å². The monoisotopic (exact) mass is 609 g/mol. The molecule has 3 aromatic carbocycles. The molecule has 0 aliphatic heterocycles. The maximum atomic E-state index is 14.0. The normalized spacial score (nSPS) is 12.1. The van der Waals surface area contributed by atoms with E-state index in [0.29, 0.717) is 23.6 Å². The Kier molecular flexibility index (Phi) is 10.7. The minimum absolute atomic E-state index is 0.00285. The van der Waals surface area contributed by atoms with Gasteiger partial charge in [0.25, 0.3) is 10.0 Å². The molecule has 0 saturated carbocycles. The number of rotatable bonds is 11. The van der Waals surface area contributed by atoms with Crippen LogP contribution in [0.4, 0.5) is 5.69 Å². The summed E-state index contributed by atoms with van der Waals surface area (Å²) in [5, 5.41) is 3.59. The van der Waals surface area contributed by atoms with Crippen LogP contribution in [0.25, 0.3) is 0 Å². The summed E-state index contributed by atoms with van der Waals surface area (Å²) < 4.78 is 28.7. The van der Waals surface area contributed by atoms with Gasteiger partial charge in [0.1, 0.15) is 12.6 Å². The fraction of sp³-hybridized carbons (Fsp3) is 0.286. The van der Waals surface area contributed by atoms with E-state index in [-0.39, 0.29) is 33.1 Å². The van der Waals surface area contributed by atoms with Crippen molar-refractivity contribution in [1.29, 1.82) is 0 Å². The number of hydrogen-bond donors (Lipinski definition) is 1. The lowest BCUT2D eigenvalue weighted by Crippen LogP contribution is -2.52. The Morgan fingerprint density at radius 1 is 0.923 bits per heavy atom. The van der Waals surface area contributed by atoms with Gasteiger partial charge in [-0.2, -0.15) is 0 Å². The average molecular weight is 611 g/mol. The smallest absolute Gasteiger partial charge is 0.264 e. The lowest BCUT2D eigenvalue weighted by Gasteiger charge is -2.33. The first kappa shape index (κ1) is 30.8. The van der Waals surface area contributed by atoms with Crippen LogP contribution < -0.4 is 9.62 Å². The molecule has 0 spiro atoms. The number of hydrogen-bond acceptors (Lipinski definition) is 4. The van der Waals surface area contributed by atoms with Crippen LogP contribution in [0.3, 0.4) is 0 Å². The van der Waals surface area contributed by atoms with Crippen molar-refractivity contribution in [3.05, 3.63) is 92.9 Å². The van der Waals surface area contributed by atoms with Gasteiger partial charge in [0.05, 0.1) is 10.6 Å². The number of benzene rings is 3. The molecule has 0 bridgehead atoms. The van der Waals surface area contributed by atoms with Gasteiger partial charge in [-0.3, -0.25) is 13.9 Å². The molecule has 0 heterocycles. The molecule has 39 heavy (non-hydrogen) atoms. The van der Waals surface area contributed by atoms with Crippen LogP contribution in [-0.2, 0) is 26.2 Å². The molecule has 0 fully saturated rings. The number of carbonyl (C=O) groups is 2. The maximum absolute atomic E-state index is 14.0. The predicted octanol–water partition coefficient (Wildman–Crippen LogP) is 6.09. The van der Waals surface area contributed by atoms with E-state index in [1.54, 1.807) is 50.2 Å². The van der Waals surface area contributed by atoms with Gasteiger partial charge < -0.3 is 10.2 Å². The number of nitrogens with zero attached hydrogens (tertiary/aromatic N) is 2. The zero-order valence-corrected chi connectivity index (χ0v) is 24.9. The van der Waals surface area contributed by atoms with E-state index >= 15 is 0 Å². The van der Waals surface area contributed by atoms with E-state index in [2.05, 4.69) is 5.32 Å². The van der Waals surface area contributed by atoms with Crippen LogP contribution in [0.5, 0.6) is 0 Å². The molecule has 7 nitrogen and oxygen atoms in total. The minimum atomic E-state index is -4.23.